The van der Waals surface area contributed by atoms with Gasteiger partial charge in [-0.2, -0.15) is 4.68 Å². The zero-order valence-electron chi connectivity index (χ0n) is 18.8. The topological polar surface area (TPSA) is 78.5 Å². The third kappa shape index (κ3) is 3.97. The summed E-state index contributed by atoms with van der Waals surface area (Å²) in [5, 5.41) is 15.6. The lowest BCUT2D eigenvalue weighted by atomic mass is 10.1. The van der Waals surface area contributed by atoms with Crippen LogP contribution in [0, 0.1) is 13.8 Å². The Morgan fingerprint density at radius 3 is 2.59 bits per heavy atom. The first-order valence-corrected chi connectivity index (χ1v) is 12.6. The average Bonchev–Trinajstić information content (AvgIpc) is 3.48. The zero-order valence-corrected chi connectivity index (χ0v) is 20.4. The van der Waals surface area contributed by atoms with Crippen molar-refractivity contribution in [3.8, 4) is 16.8 Å². The van der Waals surface area contributed by atoms with Crippen LogP contribution in [0.25, 0.3) is 27.0 Å². The van der Waals surface area contributed by atoms with Crippen LogP contribution in [-0.2, 0) is 12.3 Å². The van der Waals surface area contributed by atoms with Gasteiger partial charge in [-0.25, -0.2) is 4.98 Å². The molecule has 3 heterocycles. The lowest BCUT2D eigenvalue weighted by Crippen LogP contribution is -2.22. The first-order chi connectivity index (χ1) is 16.6. The molecule has 2 aromatic carbocycles. The first-order valence-electron chi connectivity index (χ1n) is 10.7. The Labute approximate surface area is 204 Å². The Kier molecular flexibility index (Phi) is 6.12. The molecule has 0 N–H and O–H groups in total. The molecular formula is C25H22N6OS2. The van der Waals surface area contributed by atoms with E-state index in [-0.39, 0.29) is 5.56 Å². The zero-order chi connectivity index (χ0) is 23.7. The number of allylic oxidation sites excluding steroid dienone is 1. The lowest BCUT2D eigenvalue weighted by Gasteiger charge is -2.12. The van der Waals surface area contributed by atoms with Gasteiger partial charge in [-0.3, -0.25) is 9.36 Å². The van der Waals surface area contributed by atoms with Gasteiger partial charge in [0.25, 0.3) is 5.56 Å². The number of thioether (sulfide) groups is 1. The first kappa shape index (κ1) is 22.2. The Morgan fingerprint density at radius 2 is 1.85 bits per heavy atom. The molecule has 9 heteroatoms. The number of fused-ring (bicyclic) bond motifs is 1. The van der Waals surface area contributed by atoms with Crippen molar-refractivity contribution in [3.05, 3.63) is 93.9 Å². The molecule has 170 valence electrons. The smallest absolute Gasteiger partial charge is 0.263 e. The van der Waals surface area contributed by atoms with Crippen molar-refractivity contribution in [2.75, 3.05) is 0 Å². The highest BCUT2D eigenvalue weighted by atomic mass is 32.2. The molecule has 0 saturated carbocycles. The maximum absolute atomic E-state index is 13.6. The van der Waals surface area contributed by atoms with E-state index in [1.54, 1.807) is 15.3 Å². The summed E-state index contributed by atoms with van der Waals surface area (Å²) in [4.78, 5) is 19.1. The van der Waals surface area contributed by atoms with Gasteiger partial charge in [0.05, 0.1) is 16.8 Å². The Hall–Kier alpha value is -3.56. The molecule has 7 nitrogen and oxygen atoms in total. The monoisotopic (exact) mass is 486 g/mol. The highest BCUT2D eigenvalue weighted by molar-refractivity contribution is 7.98. The van der Waals surface area contributed by atoms with Crippen LogP contribution >= 0.6 is 23.1 Å². The van der Waals surface area contributed by atoms with Crippen molar-refractivity contribution < 1.29 is 0 Å². The molecule has 0 saturated heterocycles. The van der Waals surface area contributed by atoms with E-state index in [0.29, 0.717) is 28.7 Å². The summed E-state index contributed by atoms with van der Waals surface area (Å²) in [5.41, 5.74) is 5.00. The highest BCUT2D eigenvalue weighted by Crippen LogP contribution is 2.32. The van der Waals surface area contributed by atoms with Crippen LogP contribution in [0.4, 0.5) is 0 Å². The largest absolute Gasteiger partial charge is 0.283 e. The summed E-state index contributed by atoms with van der Waals surface area (Å²) in [6, 6.07) is 16.0. The van der Waals surface area contributed by atoms with Gasteiger partial charge < -0.3 is 0 Å². The fourth-order valence-electron chi connectivity index (χ4n) is 3.97. The maximum Gasteiger partial charge on any atom is 0.263 e. The molecule has 5 aromatic rings. The molecule has 0 aliphatic heterocycles. The summed E-state index contributed by atoms with van der Waals surface area (Å²) in [7, 11) is 0. The third-order valence-electron chi connectivity index (χ3n) is 5.57. The molecule has 0 bridgehead atoms. The second-order valence-electron chi connectivity index (χ2n) is 7.83. The van der Waals surface area contributed by atoms with Gasteiger partial charge in [0.1, 0.15) is 4.83 Å². The molecule has 0 atom stereocenters. The maximum atomic E-state index is 13.6. The van der Waals surface area contributed by atoms with Gasteiger partial charge in [-0.05, 0) is 41.0 Å². The molecule has 0 radical (unpaired) electrons. The van der Waals surface area contributed by atoms with E-state index in [4.69, 9.17) is 4.98 Å². The van der Waals surface area contributed by atoms with Gasteiger partial charge in [0.2, 0.25) is 0 Å². The number of rotatable bonds is 7. The van der Waals surface area contributed by atoms with E-state index >= 15 is 0 Å². The Bertz CT molecular complexity index is 1530. The van der Waals surface area contributed by atoms with Crippen molar-refractivity contribution in [1.29, 1.82) is 0 Å². The van der Waals surface area contributed by atoms with E-state index in [9.17, 15) is 4.79 Å². The van der Waals surface area contributed by atoms with Crippen molar-refractivity contribution in [2.24, 2.45) is 0 Å². The number of aryl methyl sites for hydroxylation is 2. The molecule has 5 rings (SSSR count). The summed E-state index contributed by atoms with van der Waals surface area (Å²) in [6.07, 6.45) is 1.72. The fraction of sp³-hybridized carbons (Fsp3) is 0.160. The van der Waals surface area contributed by atoms with Crippen LogP contribution in [0.3, 0.4) is 0 Å². The summed E-state index contributed by atoms with van der Waals surface area (Å²) in [5.74, 6) is 1.16. The minimum absolute atomic E-state index is 0.0677. The molecule has 0 amide bonds. The molecule has 0 aliphatic rings. The van der Waals surface area contributed by atoms with Crippen molar-refractivity contribution in [3.63, 3.8) is 0 Å². The van der Waals surface area contributed by atoms with Crippen LogP contribution < -0.4 is 5.56 Å². The molecular weight excluding hydrogens is 464 g/mol. The Balaban J connectivity index is 1.54. The molecule has 0 spiro atoms. The number of hydrogen-bond donors (Lipinski definition) is 0. The number of nitrogens with zero attached hydrogens (tertiary/aromatic N) is 6. The average molecular weight is 487 g/mol. The predicted octanol–water partition coefficient (Wildman–Crippen LogP) is 5.20. The van der Waals surface area contributed by atoms with Gasteiger partial charge in [-0.15, -0.1) is 23.0 Å². The second-order valence-corrected chi connectivity index (χ2v) is 9.63. The van der Waals surface area contributed by atoms with E-state index in [1.807, 2.05) is 67.8 Å². The van der Waals surface area contributed by atoms with Gasteiger partial charge >= 0.3 is 0 Å². The fourth-order valence-corrected chi connectivity index (χ4v) is 5.88. The predicted molar refractivity (Wildman–Crippen MR) is 138 cm³/mol. The van der Waals surface area contributed by atoms with Crippen LogP contribution in [0.2, 0.25) is 0 Å². The second kappa shape index (κ2) is 9.36. The van der Waals surface area contributed by atoms with E-state index in [2.05, 4.69) is 22.1 Å². The number of hydrogen-bond acceptors (Lipinski definition) is 7. The highest BCUT2D eigenvalue weighted by Gasteiger charge is 2.19. The minimum Gasteiger partial charge on any atom is -0.283 e. The molecule has 0 aliphatic carbocycles. The lowest BCUT2D eigenvalue weighted by molar-refractivity contribution is 0.672. The quantitative estimate of drug-likeness (QED) is 0.179. The van der Waals surface area contributed by atoms with E-state index < -0.39 is 0 Å². The molecule has 34 heavy (non-hydrogen) atoms. The third-order valence-corrected chi connectivity index (χ3v) is 7.42. The summed E-state index contributed by atoms with van der Waals surface area (Å²) in [6.45, 7) is 8.29. The summed E-state index contributed by atoms with van der Waals surface area (Å²) >= 11 is 2.93. The van der Waals surface area contributed by atoms with E-state index in [0.717, 1.165) is 32.8 Å². The van der Waals surface area contributed by atoms with Gasteiger partial charge in [-0.1, -0.05) is 66.4 Å². The van der Waals surface area contributed by atoms with Gasteiger partial charge in [0, 0.05) is 17.5 Å². The normalized spacial score (nSPS) is 11.2. The van der Waals surface area contributed by atoms with Crippen LogP contribution in [0.15, 0.2) is 76.5 Å². The van der Waals surface area contributed by atoms with Crippen molar-refractivity contribution >= 4 is 33.3 Å². The number of para-hydroxylation sites is 1. The number of thiophene rings is 1. The number of tetrazole rings is 1. The molecule has 0 fully saturated rings. The van der Waals surface area contributed by atoms with Crippen LogP contribution in [0.5, 0.6) is 0 Å². The standard InChI is InChI=1S/C25H22N6OS2/c1-4-13-30-24(32)21-19(18-11-6-5-7-12-18)14-33-23(21)26-25(30)34-15-20-27-28-29-31(20)22-16(2)9-8-10-17(22)3/h4-12,14H,1,13,15H2,2-3H3. The van der Waals surface area contributed by atoms with Crippen molar-refractivity contribution in [2.45, 2.75) is 31.3 Å². The van der Waals surface area contributed by atoms with Crippen LogP contribution in [0.1, 0.15) is 17.0 Å². The minimum atomic E-state index is -0.0677. The van der Waals surface area contributed by atoms with Gasteiger partial charge in [0.15, 0.2) is 11.0 Å². The SMILES string of the molecule is C=CCn1c(SCc2nnnn2-c2c(C)cccc2C)nc2scc(-c3ccccc3)c2c1=O. The summed E-state index contributed by atoms with van der Waals surface area (Å²) < 4.78 is 3.44. The Morgan fingerprint density at radius 1 is 1.09 bits per heavy atom. The van der Waals surface area contributed by atoms with Crippen LogP contribution in [-0.4, -0.2) is 29.8 Å². The van der Waals surface area contributed by atoms with E-state index in [1.165, 1.54) is 23.1 Å². The number of benzene rings is 2. The molecule has 3 aromatic heterocycles. The number of aromatic nitrogens is 6. The van der Waals surface area contributed by atoms with Crippen molar-refractivity contribution in [1.82, 2.24) is 29.8 Å². The molecule has 0 unspecified atom stereocenters.